The Morgan fingerprint density at radius 2 is 0.911 bits per heavy atom. The molecular formula is C63H72BrN9O6. The van der Waals surface area contributed by atoms with Gasteiger partial charge in [-0.05, 0) is 127 Å². The van der Waals surface area contributed by atoms with Crippen molar-refractivity contribution in [3.63, 3.8) is 0 Å². The molecule has 79 heavy (non-hydrogen) atoms. The second-order valence-corrected chi connectivity index (χ2v) is 21.8. The molecule has 4 aliphatic rings. The van der Waals surface area contributed by atoms with Gasteiger partial charge in [0.05, 0.1) is 73.2 Å². The highest BCUT2D eigenvalue weighted by atomic mass is 79.9. The lowest BCUT2D eigenvalue weighted by molar-refractivity contribution is 0.0510. The van der Waals surface area contributed by atoms with E-state index in [9.17, 15) is 9.59 Å². The lowest BCUT2D eigenvalue weighted by atomic mass is 9.97. The SMILES string of the molecule is C1CCC1.CCOC(=O)c1cc(-c2ccc(N3CCOCC3)cc2)c2c(C(C)C)nn(-c3cccc(Br)c3)c2n1.CCOC(=O)c1cc(-c2ccc(N3CCOCC3)cc2)c2c(C(C)C)nn(-c3cccc(N4CCC4)c3)c2n1. The molecule has 1 aliphatic carbocycles. The van der Waals surface area contributed by atoms with Gasteiger partial charge in [0, 0.05) is 60.8 Å². The van der Waals surface area contributed by atoms with Crippen LogP contribution in [0.5, 0.6) is 0 Å². The van der Waals surface area contributed by atoms with Crippen molar-refractivity contribution in [2.75, 3.05) is 93.6 Å². The number of benzene rings is 4. The number of nitrogens with zero attached hydrogens (tertiary/aromatic N) is 9. The van der Waals surface area contributed by atoms with Gasteiger partial charge in [0.25, 0.3) is 0 Å². The van der Waals surface area contributed by atoms with Crippen molar-refractivity contribution in [1.29, 1.82) is 0 Å². The van der Waals surface area contributed by atoms with Crippen LogP contribution in [0.2, 0.25) is 0 Å². The molecule has 0 unspecified atom stereocenters. The summed E-state index contributed by atoms with van der Waals surface area (Å²) in [5.74, 6) is -0.561. The van der Waals surface area contributed by atoms with Crippen LogP contribution in [0.25, 0.3) is 55.7 Å². The molecule has 8 aromatic rings. The fourth-order valence-corrected chi connectivity index (χ4v) is 10.5. The van der Waals surface area contributed by atoms with E-state index in [0.29, 0.717) is 11.3 Å². The molecule has 4 aromatic heterocycles. The quantitative estimate of drug-likeness (QED) is 0.101. The van der Waals surface area contributed by atoms with Gasteiger partial charge in [-0.15, -0.1) is 0 Å². The first kappa shape index (κ1) is 55.2. The van der Waals surface area contributed by atoms with Gasteiger partial charge in [-0.2, -0.15) is 10.2 Å². The Kier molecular flexibility index (Phi) is 17.7. The topological polar surface area (TPSA) is 142 Å². The van der Waals surface area contributed by atoms with Crippen molar-refractivity contribution in [2.24, 2.45) is 0 Å². The number of ether oxygens (including phenoxy) is 4. The minimum absolute atomic E-state index is 0.155. The molecule has 4 fully saturated rings. The minimum Gasteiger partial charge on any atom is -0.461 e. The van der Waals surface area contributed by atoms with E-state index < -0.39 is 11.9 Å². The fraction of sp³-hybridized carbons (Fsp3) is 0.397. The number of fused-ring (bicyclic) bond motifs is 2. The van der Waals surface area contributed by atoms with Gasteiger partial charge in [-0.1, -0.05) is 106 Å². The van der Waals surface area contributed by atoms with Crippen LogP contribution in [-0.4, -0.2) is 120 Å². The minimum atomic E-state index is -0.446. The van der Waals surface area contributed by atoms with E-state index in [2.05, 4.69) is 131 Å². The summed E-state index contributed by atoms with van der Waals surface area (Å²) >= 11 is 3.56. The number of anilines is 3. The molecule has 3 saturated heterocycles. The lowest BCUT2D eigenvalue weighted by Crippen LogP contribution is -2.36. The van der Waals surface area contributed by atoms with Gasteiger partial charge in [0.2, 0.25) is 0 Å². The molecule has 4 aromatic carbocycles. The number of hydrogen-bond acceptors (Lipinski definition) is 13. The Morgan fingerprint density at radius 1 is 0.506 bits per heavy atom. The maximum atomic E-state index is 13.0. The van der Waals surface area contributed by atoms with Crippen molar-refractivity contribution < 1.29 is 28.5 Å². The number of hydrogen-bond donors (Lipinski definition) is 0. The van der Waals surface area contributed by atoms with Crippen LogP contribution in [-0.2, 0) is 18.9 Å². The Labute approximate surface area is 472 Å². The molecule has 0 spiro atoms. The van der Waals surface area contributed by atoms with E-state index in [0.717, 1.165) is 132 Å². The third-order valence-corrected chi connectivity index (χ3v) is 15.3. The molecule has 412 valence electrons. The standard InChI is InChI=1S/C31H35N5O3.C28H29BrN4O3.C4H8/c1-4-39-31(37)27-20-26(22-9-11-23(12-10-22)35-15-17-38-18-16-35)28-29(21(2)3)33-36(30(28)32-27)25-8-5-7-24(19-25)34-13-6-14-34;1-4-36-28(34)24-17-23(19-8-10-21(11-9-19)32-12-14-35-15-13-32)25-26(18(2)3)31-33(27(25)30-24)22-7-5-6-20(29)16-22;1-2-4-3-1/h5,7-12,19-21H,4,6,13-18H2,1-3H3;5-11,16-18H,4,12-15H2,1-3H3;1-4H2. The smallest absolute Gasteiger partial charge is 0.357 e. The summed E-state index contributed by atoms with van der Waals surface area (Å²) in [7, 11) is 0. The molecule has 15 nitrogen and oxygen atoms in total. The number of morpholine rings is 2. The summed E-state index contributed by atoms with van der Waals surface area (Å²) in [6.07, 6.45) is 7.21. The van der Waals surface area contributed by atoms with Crippen molar-refractivity contribution in [3.8, 4) is 33.6 Å². The van der Waals surface area contributed by atoms with Crippen LogP contribution in [0.15, 0.2) is 114 Å². The van der Waals surface area contributed by atoms with Gasteiger partial charge < -0.3 is 33.6 Å². The van der Waals surface area contributed by atoms with E-state index in [4.69, 9.17) is 39.1 Å². The average Bonchev–Trinajstić information content (AvgIpc) is 4.23. The number of aromatic nitrogens is 6. The lowest BCUT2D eigenvalue weighted by Gasteiger charge is -2.33. The summed E-state index contributed by atoms with van der Waals surface area (Å²) in [5.41, 5.74) is 12.9. The zero-order chi connectivity index (χ0) is 55.0. The number of rotatable bonds is 13. The van der Waals surface area contributed by atoms with Crippen molar-refractivity contribution in [3.05, 3.63) is 136 Å². The Balaban J connectivity index is 0.000000167. The highest BCUT2D eigenvalue weighted by Gasteiger charge is 2.27. The van der Waals surface area contributed by atoms with Crippen molar-refractivity contribution in [1.82, 2.24) is 29.5 Å². The first-order valence-corrected chi connectivity index (χ1v) is 29.0. The summed E-state index contributed by atoms with van der Waals surface area (Å²) < 4.78 is 26.4. The average molecular weight is 1130 g/mol. The first-order chi connectivity index (χ1) is 38.5. The molecule has 0 N–H and O–H groups in total. The summed E-state index contributed by atoms with van der Waals surface area (Å²) in [5, 5.41) is 12.0. The van der Waals surface area contributed by atoms with Gasteiger partial charge in [-0.3, -0.25) is 0 Å². The third-order valence-electron chi connectivity index (χ3n) is 14.8. The Hall–Kier alpha value is -7.14. The van der Waals surface area contributed by atoms with Crippen LogP contribution in [0.4, 0.5) is 17.1 Å². The van der Waals surface area contributed by atoms with Crippen LogP contribution in [0.3, 0.4) is 0 Å². The molecule has 0 amide bonds. The number of esters is 2. The van der Waals surface area contributed by atoms with Gasteiger partial charge in [0.15, 0.2) is 22.7 Å². The van der Waals surface area contributed by atoms with Crippen LogP contribution in [0.1, 0.15) is 118 Å². The second-order valence-electron chi connectivity index (χ2n) is 20.9. The number of carbonyl (C=O) groups excluding carboxylic acids is 2. The maximum Gasteiger partial charge on any atom is 0.357 e. The van der Waals surface area contributed by atoms with E-state index in [1.165, 1.54) is 43.5 Å². The highest BCUT2D eigenvalue weighted by molar-refractivity contribution is 9.10. The van der Waals surface area contributed by atoms with E-state index >= 15 is 0 Å². The first-order valence-electron chi connectivity index (χ1n) is 28.2. The highest BCUT2D eigenvalue weighted by Crippen LogP contribution is 2.39. The molecule has 12 rings (SSSR count). The van der Waals surface area contributed by atoms with E-state index in [-0.39, 0.29) is 36.4 Å². The molecular weight excluding hydrogens is 1060 g/mol. The zero-order valence-electron chi connectivity index (χ0n) is 46.4. The molecule has 3 aliphatic heterocycles. The molecule has 16 heteroatoms. The monoisotopic (exact) mass is 1130 g/mol. The van der Waals surface area contributed by atoms with E-state index in [1.807, 2.05) is 52.7 Å². The molecule has 0 radical (unpaired) electrons. The van der Waals surface area contributed by atoms with Crippen LogP contribution < -0.4 is 14.7 Å². The van der Waals surface area contributed by atoms with Crippen molar-refractivity contribution >= 4 is 67.0 Å². The van der Waals surface area contributed by atoms with Crippen LogP contribution >= 0.6 is 15.9 Å². The molecule has 0 atom stereocenters. The van der Waals surface area contributed by atoms with Gasteiger partial charge in [0.1, 0.15) is 0 Å². The Morgan fingerprint density at radius 3 is 1.29 bits per heavy atom. The number of pyridine rings is 2. The predicted molar refractivity (Wildman–Crippen MR) is 318 cm³/mol. The summed E-state index contributed by atoms with van der Waals surface area (Å²) in [6.45, 7) is 21.3. The molecule has 7 heterocycles. The summed E-state index contributed by atoms with van der Waals surface area (Å²) in [6, 6.07) is 37.0. The maximum absolute atomic E-state index is 13.0. The number of halogens is 1. The Bertz CT molecular complexity index is 3390. The van der Waals surface area contributed by atoms with E-state index in [1.54, 1.807) is 6.92 Å². The van der Waals surface area contributed by atoms with Gasteiger partial charge in [-0.25, -0.2) is 28.9 Å². The normalized spacial score (nSPS) is 15.3. The zero-order valence-corrected chi connectivity index (χ0v) is 48.0. The predicted octanol–water partition coefficient (Wildman–Crippen LogP) is 13.0. The fourth-order valence-electron chi connectivity index (χ4n) is 10.1. The third kappa shape index (κ3) is 12.4. The summed E-state index contributed by atoms with van der Waals surface area (Å²) in [4.78, 5) is 42.4. The second kappa shape index (κ2) is 25.3. The van der Waals surface area contributed by atoms with Crippen LogP contribution in [0, 0.1) is 0 Å². The number of carbonyl (C=O) groups is 2. The molecule has 0 bridgehead atoms. The largest absolute Gasteiger partial charge is 0.461 e. The molecule has 1 saturated carbocycles. The van der Waals surface area contributed by atoms with Gasteiger partial charge >= 0.3 is 11.9 Å². The van der Waals surface area contributed by atoms with Crippen molar-refractivity contribution in [2.45, 2.75) is 85.5 Å².